The molecule has 0 spiro atoms. The van der Waals surface area contributed by atoms with E-state index in [4.69, 9.17) is 4.74 Å². The smallest absolute Gasteiger partial charge is 0.445 e. The number of rotatable bonds is 4. The van der Waals surface area contributed by atoms with Crippen LogP contribution in [0.1, 0.15) is 5.56 Å². The Morgan fingerprint density at radius 3 is 2.81 bits per heavy atom. The van der Waals surface area contributed by atoms with Gasteiger partial charge in [0.05, 0.1) is 7.11 Å². The highest BCUT2D eigenvalue weighted by Crippen LogP contribution is 2.16. The molecule has 0 atom stereocenters. The summed E-state index contributed by atoms with van der Waals surface area (Å²) in [4.78, 5) is 1.65. The Labute approximate surface area is 98.1 Å². The Morgan fingerprint density at radius 2 is 2.12 bits per heavy atom. The van der Waals surface area contributed by atoms with Crippen LogP contribution in [0.25, 0.3) is 0 Å². The lowest BCUT2D eigenvalue weighted by Crippen LogP contribution is -2.39. The monoisotopic (exact) mass is 237 g/mol. The lowest BCUT2D eigenvalue weighted by molar-refractivity contribution is -0.792. The summed E-state index contributed by atoms with van der Waals surface area (Å²) in [7, 11) is 3.41. The van der Waals surface area contributed by atoms with Crippen molar-refractivity contribution in [1.82, 2.24) is 14.4 Å². The Kier molecular flexibility index (Phi) is 3.40. The van der Waals surface area contributed by atoms with Crippen LogP contribution in [-0.4, -0.2) is 21.5 Å². The van der Waals surface area contributed by atoms with E-state index in [2.05, 4.69) is 22.4 Å². The largest absolute Gasteiger partial charge is 0.483 e. The van der Waals surface area contributed by atoms with E-state index in [1.54, 1.807) is 23.9 Å². The molecule has 5 nitrogen and oxygen atoms in total. The van der Waals surface area contributed by atoms with E-state index in [-0.39, 0.29) is 0 Å². The van der Waals surface area contributed by atoms with Gasteiger partial charge in [0, 0.05) is 17.7 Å². The molecular formula is C10H13N4OS+. The van der Waals surface area contributed by atoms with Crippen molar-refractivity contribution in [2.75, 3.05) is 7.11 Å². The van der Waals surface area contributed by atoms with Crippen LogP contribution >= 0.6 is 11.9 Å². The van der Waals surface area contributed by atoms with Crippen LogP contribution in [0.5, 0.6) is 6.01 Å². The molecule has 6 heteroatoms. The molecule has 16 heavy (non-hydrogen) atoms. The number of hydrogen-bond acceptors (Lipinski definition) is 4. The van der Waals surface area contributed by atoms with Crippen LogP contribution in [0.3, 0.4) is 0 Å². The SMILES string of the molecule is COc1nn[n+](C)n1SCc1ccccc1. The normalized spacial score (nSPS) is 10.4. The average Bonchev–Trinajstić information content (AvgIpc) is 2.69. The summed E-state index contributed by atoms with van der Waals surface area (Å²) in [5.74, 6) is 0.850. The predicted octanol–water partition coefficient (Wildman–Crippen LogP) is 0.808. The standard InChI is InChI=1S/C10H13N4OS/c1-13-12-11-10(15-2)14(13)16-8-9-6-4-3-5-7-9/h3-7H,8H2,1-2H3/q+1. The van der Waals surface area contributed by atoms with Crippen molar-refractivity contribution < 1.29 is 9.53 Å². The third kappa shape index (κ3) is 2.33. The molecule has 0 saturated heterocycles. The van der Waals surface area contributed by atoms with E-state index in [0.29, 0.717) is 6.01 Å². The molecule has 2 rings (SSSR count). The molecule has 0 aliphatic rings. The molecule has 0 unspecified atom stereocenters. The number of benzene rings is 1. The van der Waals surface area contributed by atoms with Crippen LogP contribution < -0.4 is 9.53 Å². The van der Waals surface area contributed by atoms with Crippen LogP contribution in [0.4, 0.5) is 0 Å². The molecule has 0 bridgehead atoms. The van der Waals surface area contributed by atoms with E-state index in [1.807, 2.05) is 29.3 Å². The Balaban J connectivity index is 2.07. The van der Waals surface area contributed by atoms with Crippen molar-refractivity contribution in [3.63, 3.8) is 0 Å². The number of methoxy groups -OCH3 is 1. The van der Waals surface area contributed by atoms with Gasteiger partial charge in [0.25, 0.3) is 0 Å². The first kappa shape index (κ1) is 10.9. The second kappa shape index (κ2) is 4.98. The summed E-state index contributed by atoms with van der Waals surface area (Å²) in [5, 5.41) is 7.76. The van der Waals surface area contributed by atoms with Gasteiger partial charge in [-0.05, 0) is 10.4 Å². The van der Waals surface area contributed by atoms with Gasteiger partial charge >= 0.3 is 6.01 Å². The summed E-state index contributed by atoms with van der Waals surface area (Å²) in [6.07, 6.45) is 0. The number of tetrazole rings is 1. The van der Waals surface area contributed by atoms with Gasteiger partial charge in [-0.25, -0.2) is 0 Å². The van der Waals surface area contributed by atoms with Crippen molar-refractivity contribution >= 4 is 11.9 Å². The molecule has 1 heterocycles. The van der Waals surface area contributed by atoms with Crippen molar-refractivity contribution in [2.24, 2.45) is 7.05 Å². The Hall–Kier alpha value is -1.56. The van der Waals surface area contributed by atoms with Crippen molar-refractivity contribution in [3.05, 3.63) is 35.9 Å². The minimum Gasteiger partial charge on any atom is -0.445 e. The zero-order valence-corrected chi connectivity index (χ0v) is 10.0. The zero-order valence-electron chi connectivity index (χ0n) is 9.20. The molecule has 0 saturated carbocycles. The summed E-state index contributed by atoms with van der Waals surface area (Å²) in [5.41, 5.74) is 1.25. The fourth-order valence-electron chi connectivity index (χ4n) is 1.27. The van der Waals surface area contributed by atoms with E-state index in [9.17, 15) is 0 Å². The Bertz CT molecular complexity index is 457. The van der Waals surface area contributed by atoms with Crippen molar-refractivity contribution in [1.29, 1.82) is 0 Å². The predicted molar refractivity (Wildman–Crippen MR) is 60.9 cm³/mol. The fourth-order valence-corrected chi connectivity index (χ4v) is 2.15. The molecule has 0 aliphatic heterocycles. The first-order chi connectivity index (χ1) is 7.81. The molecular weight excluding hydrogens is 224 g/mol. The van der Waals surface area contributed by atoms with Gasteiger partial charge < -0.3 is 4.74 Å². The van der Waals surface area contributed by atoms with Crippen LogP contribution in [0.2, 0.25) is 0 Å². The number of nitrogens with zero attached hydrogens (tertiary/aromatic N) is 4. The molecule has 0 radical (unpaired) electrons. The third-order valence-electron chi connectivity index (χ3n) is 2.07. The quantitative estimate of drug-likeness (QED) is 0.738. The van der Waals surface area contributed by atoms with E-state index >= 15 is 0 Å². The van der Waals surface area contributed by atoms with Gasteiger partial charge in [0.15, 0.2) is 5.21 Å². The minimum atomic E-state index is 0.503. The van der Waals surface area contributed by atoms with Gasteiger partial charge in [-0.15, -0.1) is 0 Å². The first-order valence-electron chi connectivity index (χ1n) is 4.84. The van der Waals surface area contributed by atoms with Gasteiger partial charge in [0.1, 0.15) is 12.1 Å². The highest BCUT2D eigenvalue weighted by Gasteiger charge is 2.18. The van der Waals surface area contributed by atoms with Crippen molar-refractivity contribution in [3.8, 4) is 6.01 Å². The fraction of sp³-hybridized carbons (Fsp3) is 0.300. The highest BCUT2D eigenvalue weighted by atomic mass is 32.2. The second-order valence-electron chi connectivity index (χ2n) is 3.20. The maximum absolute atomic E-state index is 5.10. The number of hydrogen-bond donors (Lipinski definition) is 0. The lowest BCUT2D eigenvalue weighted by atomic mass is 10.2. The zero-order chi connectivity index (χ0) is 11.4. The summed E-state index contributed by atoms with van der Waals surface area (Å²) < 4.78 is 6.91. The third-order valence-corrected chi connectivity index (χ3v) is 3.16. The molecule has 84 valence electrons. The van der Waals surface area contributed by atoms with E-state index in [0.717, 1.165) is 5.75 Å². The lowest BCUT2D eigenvalue weighted by Gasteiger charge is -2.00. The van der Waals surface area contributed by atoms with E-state index < -0.39 is 0 Å². The van der Waals surface area contributed by atoms with Gasteiger partial charge in [0.2, 0.25) is 0 Å². The minimum absolute atomic E-state index is 0.503. The number of aryl methyl sites for hydroxylation is 1. The molecule has 1 aromatic carbocycles. The molecule has 2 aromatic rings. The summed E-state index contributed by atoms with van der Waals surface area (Å²) >= 11 is 1.59. The van der Waals surface area contributed by atoms with Gasteiger partial charge in [-0.1, -0.05) is 34.4 Å². The molecule has 0 aliphatic carbocycles. The maximum Gasteiger partial charge on any atom is 0.483 e. The van der Waals surface area contributed by atoms with Crippen LogP contribution in [0.15, 0.2) is 30.3 Å². The van der Waals surface area contributed by atoms with Gasteiger partial charge in [-0.2, -0.15) is 0 Å². The van der Waals surface area contributed by atoms with Crippen LogP contribution in [-0.2, 0) is 12.8 Å². The number of ether oxygens (including phenoxy) is 1. The Morgan fingerprint density at radius 1 is 1.38 bits per heavy atom. The van der Waals surface area contributed by atoms with Crippen molar-refractivity contribution in [2.45, 2.75) is 5.75 Å². The van der Waals surface area contributed by atoms with Crippen LogP contribution in [0, 0.1) is 0 Å². The molecule has 1 aromatic heterocycles. The molecule has 0 amide bonds. The van der Waals surface area contributed by atoms with E-state index in [1.165, 1.54) is 5.56 Å². The maximum atomic E-state index is 5.10. The topological polar surface area (TPSA) is 43.8 Å². The first-order valence-corrected chi connectivity index (χ1v) is 5.78. The summed E-state index contributed by atoms with van der Waals surface area (Å²) in [6, 6.07) is 10.7. The molecule has 0 fully saturated rings. The number of aromatic nitrogens is 4. The van der Waals surface area contributed by atoms with Gasteiger partial charge in [-0.3, -0.25) is 0 Å². The molecule has 0 N–H and O–H groups in total. The average molecular weight is 237 g/mol. The highest BCUT2D eigenvalue weighted by molar-refractivity contribution is 7.96. The second-order valence-corrected chi connectivity index (χ2v) is 4.09. The summed E-state index contributed by atoms with van der Waals surface area (Å²) in [6.45, 7) is 0.